The average Bonchev–Trinajstić information content (AvgIpc) is 3.24. The number of pyridine rings is 1. The summed E-state index contributed by atoms with van der Waals surface area (Å²) in [5, 5.41) is 4.75. The molecule has 1 aliphatic rings. The predicted octanol–water partition coefficient (Wildman–Crippen LogP) is 1.26. The number of nitrogens with zero attached hydrogens (tertiary/aromatic N) is 5. The van der Waals surface area contributed by atoms with Crippen LogP contribution in [0.15, 0.2) is 42.1 Å². The largest absolute Gasteiger partial charge is 0.345 e. The number of hydrogen-bond acceptors (Lipinski definition) is 5. The van der Waals surface area contributed by atoms with Crippen LogP contribution in [0.4, 0.5) is 0 Å². The Morgan fingerprint density at radius 3 is 3.12 bits per heavy atom. The summed E-state index contributed by atoms with van der Waals surface area (Å²) in [7, 11) is -3.54. The number of H-pyrrole nitrogens is 1. The Hall–Kier alpha value is -2.26. The van der Waals surface area contributed by atoms with E-state index < -0.39 is 10.0 Å². The summed E-state index contributed by atoms with van der Waals surface area (Å²) in [6.07, 6.45) is 8.17. The number of nitrogens with one attached hydrogen (secondary N) is 1. The van der Waals surface area contributed by atoms with Gasteiger partial charge < -0.3 is 4.98 Å². The Morgan fingerprint density at radius 1 is 1.38 bits per heavy atom. The van der Waals surface area contributed by atoms with Gasteiger partial charge in [-0.25, -0.2) is 18.4 Å². The molecule has 126 valence electrons. The molecule has 0 amide bonds. The smallest absolute Gasteiger partial charge is 0.245 e. The fraction of sp³-hybridized carbons (Fsp3) is 0.400. The van der Waals surface area contributed by atoms with Crippen molar-refractivity contribution in [2.45, 2.75) is 24.3 Å². The van der Waals surface area contributed by atoms with Crippen molar-refractivity contribution in [3.8, 4) is 0 Å². The molecular formula is C15H18N6O2S. The highest BCUT2D eigenvalue weighted by molar-refractivity contribution is 7.89. The fourth-order valence-electron chi connectivity index (χ4n) is 3.27. The third-order valence-electron chi connectivity index (χ3n) is 4.42. The van der Waals surface area contributed by atoms with Gasteiger partial charge >= 0.3 is 0 Å². The number of aromatic nitrogens is 5. The third-order valence-corrected chi connectivity index (χ3v) is 6.33. The van der Waals surface area contributed by atoms with Crippen LogP contribution < -0.4 is 0 Å². The zero-order valence-corrected chi connectivity index (χ0v) is 13.9. The SMILES string of the molecule is O=S(=O)(c1c[nH]c2ncccc12)N1CCCC(Cn2cncn2)C1. The second kappa shape index (κ2) is 5.99. The van der Waals surface area contributed by atoms with Crippen molar-refractivity contribution in [3.05, 3.63) is 37.2 Å². The van der Waals surface area contributed by atoms with Gasteiger partial charge in [0.2, 0.25) is 10.0 Å². The summed E-state index contributed by atoms with van der Waals surface area (Å²) in [6, 6.07) is 3.53. The number of aromatic amines is 1. The minimum Gasteiger partial charge on any atom is -0.345 e. The van der Waals surface area contributed by atoms with Gasteiger partial charge in [-0.15, -0.1) is 0 Å². The van der Waals surface area contributed by atoms with Gasteiger partial charge in [0.25, 0.3) is 0 Å². The van der Waals surface area contributed by atoms with Gasteiger partial charge in [-0.3, -0.25) is 4.68 Å². The average molecular weight is 346 g/mol. The van der Waals surface area contributed by atoms with Gasteiger partial charge in [0, 0.05) is 37.4 Å². The molecule has 1 aliphatic heterocycles. The molecule has 1 atom stereocenters. The molecule has 1 N–H and O–H groups in total. The van der Waals surface area contributed by atoms with Crippen molar-refractivity contribution in [2.75, 3.05) is 13.1 Å². The first-order valence-corrected chi connectivity index (χ1v) is 9.33. The van der Waals surface area contributed by atoms with Crippen LogP contribution in [0.5, 0.6) is 0 Å². The summed E-state index contributed by atoms with van der Waals surface area (Å²) in [5.74, 6) is 0.235. The summed E-state index contributed by atoms with van der Waals surface area (Å²) >= 11 is 0. The maximum Gasteiger partial charge on any atom is 0.245 e. The van der Waals surface area contributed by atoms with E-state index in [1.807, 2.05) is 0 Å². The van der Waals surface area contributed by atoms with Crippen LogP contribution in [0.2, 0.25) is 0 Å². The lowest BCUT2D eigenvalue weighted by Gasteiger charge is -2.31. The third kappa shape index (κ3) is 2.69. The molecule has 0 radical (unpaired) electrons. The molecule has 3 aromatic heterocycles. The zero-order valence-electron chi connectivity index (χ0n) is 13.0. The van der Waals surface area contributed by atoms with E-state index >= 15 is 0 Å². The monoisotopic (exact) mass is 346 g/mol. The van der Waals surface area contributed by atoms with Gasteiger partial charge in [-0.2, -0.15) is 9.40 Å². The van der Waals surface area contributed by atoms with Crippen molar-refractivity contribution in [1.29, 1.82) is 0 Å². The molecule has 0 spiro atoms. The predicted molar refractivity (Wildman–Crippen MR) is 87.6 cm³/mol. The topological polar surface area (TPSA) is 96.8 Å². The van der Waals surface area contributed by atoms with Crippen molar-refractivity contribution in [3.63, 3.8) is 0 Å². The molecule has 24 heavy (non-hydrogen) atoms. The van der Waals surface area contributed by atoms with E-state index in [9.17, 15) is 8.42 Å². The fourth-order valence-corrected chi connectivity index (χ4v) is 4.97. The minimum atomic E-state index is -3.54. The van der Waals surface area contributed by atoms with Crippen LogP contribution in [0, 0.1) is 5.92 Å². The van der Waals surface area contributed by atoms with Gasteiger partial charge in [-0.05, 0) is 30.9 Å². The lowest BCUT2D eigenvalue weighted by molar-refractivity contribution is 0.239. The van der Waals surface area contributed by atoms with Crippen LogP contribution in [-0.2, 0) is 16.6 Å². The maximum atomic E-state index is 13.1. The van der Waals surface area contributed by atoms with Gasteiger partial charge in [0.1, 0.15) is 23.2 Å². The molecule has 4 heterocycles. The molecule has 0 aromatic carbocycles. The van der Waals surface area contributed by atoms with E-state index in [-0.39, 0.29) is 5.92 Å². The quantitative estimate of drug-likeness (QED) is 0.767. The molecule has 9 heteroatoms. The van der Waals surface area contributed by atoms with Gasteiger partial charge in [0.05, 0.1) is 0 Å². The second-order valence-electron chi connectivity index (χ2n) is 6.04. The Balaban J connectivity index is 1.59. The van der Waals surface area contributed by atoms with Crippen LogP contribution in [0.1, 0.15) is 12.8 Å². The Bertz CT molecular complexity index is 934. The van der Waals surface area contributed by atoms with E-state index in [2.05, 4.69) is 20.1 Å². The second-order valence-corrected chi connectivity index (χ2v) is 7.95. The molecule has 1 saturated heterocycles. The number of hydrogen-bond donors (Lipinski definition) is 1. The molecular weight excluding hydrogens is 328 g/mol. The standard InChI is InChI=1S/C15H18N6O2S/c22-24(23,14-7-18-15-13(14)4-1-5-17-15)21-6-2-3-12(9-21)8-20-11-16-10-19-20/h1,4-5,7,10-12H,2-3,6,8-9H2,(H,17,18). The van der Waals surface area contributed by atoms with E-state index in [0.29, 0.717) is 35.6 Å². The van der Waals surface area contributed by atoms with E-state index in [1.54, 1.807) is 33.6 Å². The number of fused-ring (bicyclic) bond motifs is 1. The molecule has 8 nitrogen and oxygen atoms in total. The summed E-state index contributed by atoms with van der Waals surface area (Å²) in [6.45, 7) is 1.72. The number of piperidine rings is 1. The number of rotatable bonds is 4. The van der Waals surface area contributed by atoms with Crippen LogP contribution >= 0.6 is 0 Å². The van der Waals surface area contributed by atoms with Gasteiger partial charge in [-0.1, -0.05) is 0 Å². The maximum absolute atomic E-state index is 13.1. The van der Waals surface area contributed by atoms with E-state index in [1.165, 1.54) is 12.5 Å². The molecule has 1 fully saturated rings. The summed E-state index contributed by atoms with van der Waals surface area (Å²) < 4.78 is 29.4. The zero-order chi connectivity index (χ0) is 16.6. The van der Waals surface area contributed by atoms with E-state index in [0.717, 1.165) is 12.8 Å². The first-order valence-electron chi connectivity index (χ1n) is 7.89. The Morgan fingerprint density at radius 2 is 2.29 bits per heavy atom. The molecule has 4 rings (SSSR count). The highest BCUT2D eigenvalue weighted by Crippen LogP contribution is 2.28. The van der Waals surface area contributed by atoms with Crippen molar-refractivity contribution < 1.29 is 8.42 Å². The Labute approximate surface area is 139 Å². The first kappa shape index (κ1) is 15.3. The van der Waals surface area contributed by atoms with Crippen molar-refractivity contribution >= 4 is 21.1 Å². The minimum absolute atomic E-state index is 0.235. The first-order chi connectivity index (χ1) is 11.6. The molecule has 0 bridgehead atoms. The van der Waals surface area contributed by atoms with Crippen LogP contribution in [-0.4, -0.2) is 50.5 Å². The van der Waals surface area contributed by atoms with E-state index in [4.69, 9.17) is 0 Å². The lowest BCUT2D eigenvalue weighted by Crippen LogP contribution is -2.41. The molecule has 0 aliphatic carbocycles. The highest BCUT2D eigenvalue weighted by Gasteiger charge is 2.32. The normalized spacial score (nSPS) is 19.8. The van der Waals surface area contributed by atoms with Crippen LogP contribution in [0.3, 0.4) is 0 Å². The summed E-state index contributed by atoms with van der Waals surface area (Å²) in [5.41, 5.74) is 0.590. The summed E-state index contributed by atoms with van der Waals surface area (Å²) in [4.78, 5) is 11.3. The van der Waals surface area contributed by atoms with Crippen LogP contribution in [0.25, 0.3) is 11.0 Å². The molecule has 3 aromatic rings. The van der Waals surface area contributed by atoms with Crippen molar-refractivity contribution in [2.24, 2.45) is 5.92 Å². The molecule has 0 saturated carbocycles. The van der Waals surface area contributed by atoms with Gasteiger partial charge in [0.15, 0.2) is 0 Å². The number of sulfonamides is 1. The highest BCUT2D eigenvalue weighted by atomic mass is 32.2. The molecule has 1 unspecified atom stereocenters. The Kier molecular flexibility index (Phi) is 3.81. The lowest BCUT2D eigenvalue weighted by atomic mass is 10.00. The van der Waals surface area contributed by atoms with Crippen molar-refractivity contribution in [1.82, 2.24) is 29.0 Å².